The van der Waals surface area contributed by atoms with Gasteiger partial charge in [0.2, 0.25) is 10.0 Å². The van der Waals surface area contributed by atoms with Crippen molar-refractivity contribution in [1.82, 2.24) is 4.31 Å². The minimum atomic E-state index is -3.47. The largest absolute Gasteiger partial charge is 0.495 e. The standard InChI is InChI=1S/C14H22N2O3S/c1-3-11-6-4-5-9-16(11)20(17,18)12-7-8-13(15)14(10-12)19-2/h7-8,10-11H,3-6,9,15H2,1-2H3. The van der Waals surface area contributed by atoms with Gasteiger partial charge in [-0.2, -0.15) is 4.31 Å². The molecule has 0 aromatic heterocycles. The molecule has 0 aliphatic carbocycles. The van der Waals surface area contributed by atoms with Crippen LogP contribution in [0.3, 0.4) is 0 Å². The first-order valence-electron chi connectivity index (χ1n) is 6.96. The number of benzene rings is 1. The lowest BCUT2D eigenvalue weighted by molar-refractivity contribution is 0.246. The van der Waals surface area contributed by atoms with Crippen molar-refractivity contribution >= 4 is 15.7 Å². The highest BCUT2D eigenvalue weighted by atomic mass is 32.2. The average Bonchev–Trinajstić information content (AvgIpc) is 2.47. The van der Waals surface area contributed by atoms with Crippen molar-refractivity contribution < 1.29 is 13.2 Å². The Morgan fingerprint density at radius 3 is 2.80 bits per heavy atom. The van der Waals surface area contributed by atoms with Gasteiger partial charge in [0.05, 0.1) is 17.7 Å². The van der Waals surface area contributed by atoms with E-state index in [1.165, 1.54) is 13.2 Å². The molecule has 112 valence electrons. The molecule has 0 bridgehead atoms. The summed E-state index contributed by atoms with van der Waals surface area (Å²) in [5, 5.41) is 0. The first-order chi connectivity index (χ1) is 9.50. The normalized spacial score (nSPS) is 20.8. The van der Waals surface area contributed by atoms with E-state index >= 15 is 0 Å². The fraction of sp³-hybridized carbons (Fsp3) is 0.571. The van der Waals surface area contributed by atoms with Crippen LogP contribution in [0.25, 0.3) is 0 Å². The van der Waals surface area contributed by atoms with E-state index in [0.717, 1.165) is 25.7 Å². The quantitative estimate of drug-likeness (QED) is 0.865. The Morgan fingerprint density at radius 2 is 2.15 bits per heavy atom. The van der Waals surface area contributed by atoms with Crippen LogP contribution in [0.15, 0.2) is 23.1 Å². The van der Waals surface area contributed by atoms with Crippen LogP contribution in [0, 0.1) is 0 Å². The highest BCUT2D eigenvalue weighted by Crippen LogP contribution is 2.30. The third-order valence-corrected chi connectivity index (χ3v) is 5.80. The van der Waals surface area contributed by atoms with Crippen molar-refractivity contribution in [2.75, 3.05) is 19.4 Å². The van der Waals surface area contributed by atoms with Crippen LogP contribution in [0.2, 0.25) is 0 Å². The van der Waals surface area contributed by atoms with Crippen molar-refractivity contribution in [3.8, 4) is 5.75 Å². The van der Waals surface area contributed by atoms with Crippen LogP contribution in [0.4, 0.5) is 5.69 Å². The van der Waals surface area contributed by atoms with Crippen molar-refractivity contribution in [2.24, 2.45) is 0 Å². The monoisotopic (exact) mass is 298 g/mol. The molecule has 1 atom stereocenters. The number of sulfonamides is 1. The summed E-state index contributed by atoms with van der Waals surface area (Å²) in [7, 11) is -1.99. The van der Waals surface area contributed by atoms with Crippen LogP contribution in [-0.2, 0) is 10.0 Å². The second-order valence-corrected chi connectivity index (χ2v) is 6.97. The van der Waals surface area contributed by atoms with Gasteiger partial charge in [-0.1, -0.05) is 13.3 Å². The molecule has 0 amide bonds. The second-order valence-electron chi connectivity index (χ2n) is 5.08. The molecule has 0 saturated carbocycles. The Kier molecular flexibility index (Phi) is 4.55. The molecule has 0 radical (unpaired) electrons. The Hall–Kier alpha value is -1.27. The van der Waals surface area contributed by atoms with E-state index in [1.807, 2.05) is 6.92 Å². The molecule has 6 heteroatoms. The molecule has 1 fully saturated rings. The zero-order valence-corrected chi connectivity index (χ0v) is 12.8. The smallest absolute Gasteiger partial charge is 0.243 e. The van der Waals surface area contributed by atoms with E-state index in [0.29, 0.717) is 18.0 Å². The van der Waals surface area contributed by atoms with Crippen molar-refractivity contribution in [2.45, 2.75) is 43.5 Å². The lowest BCUT2D eigenvalue weighted by atomic mass is 10.0. The molecule has 20 heavy (non-hydrogen) atoms. The predicted molar refractivity (Wildman–Crippen MR) is 79.2 cm³/mol. The number of piperidine rings is 1. The Morgan fingerprint density at radius 1 is 1.40 bits per heavy atom. The summed E-state index contributed by atoms with van der Waals surface area (Å²) in [4.78, 5) is 0.254. The highest BCUT2D eigenvalue weighted by Gasteiger charge is 2.32. The molecule has 0 spiro atoms. The molecule has 1 aliphatic heterocycles. The molecule has 1 aromatic carbocycles. The predicted octanol–water partition coefficient (Wildman–Crippen LogP) is 2.23. The maximum Gasteiger partial charge on any atom is 0.243 e. The van der Waals surface area contributed by atoms with Crippen molar-refractivity contribution in [1.29, 1.82) is 0 Å². The number of hydrogen-bond acceptors (Lipinski definition) is 4. The number of nitrogens with zero attached hydrogens (tertiary/aromatic N) is 1. The number of rotatable bonds is 4. The summed E-state index contributed by atoms with van der Waals surface area (Å²) in [6.45, 7) is 2.62. The summed E-state index contributed by atoms with van der Waals surface area (Å²) in [5.74, 6) is 0.399. The Bertz CT molecular complexity index is 572. The first kappa shape index (κ1) is 15.1. The third-order valence-electron chi connectivity index (χ3n) is 3.86. The Balaban J connectivity index is 2.38. The van der Waals surface area contributed by atoms with Gasteiger partial charge in [-0.25, -0.2) is 8.42 Å². The Labute approximate surface area is 120 Å². The molecule has 2 N–H and O–H groups in total. The van der Waals surface area contributed by atoms with Gasteiger partial charge in [-0.15, -0.1) is 0 Å². The van der Waals surface area contributed by atoms with E-state index in [-0.39, 0.29) is 10.9 Å². The molecule has 2 rings (SSSR count). The molecule has 1 heterocycles. The maximum atomic E-state index is 12.8. The van der Waals surface area contributed by atoms with Crippen molar-refractivity contribution in [3.05, 3.63) is 18.2 Å². The SMILES string of the molecule is CCC1CCCCN1S(=O)(=O)c1ccc(N)c(OC)c1. The summed E-state index contributed by atoms with van der Waals surface area (Å²) in [6.07, 6.45) is 3.78. The summed E-state index contributed by atoms with van der Waals surface area (Å²) in [6, 6.07) is 4.73. The van der Waals surface area contributed by atoms with Gasteiger partial charge in [0.25, 0.3) is 0 Å². The average molecular weight is 298 g/mol. The maximum absolute atomic E-state index is 12.8. The van der Waals surface area contributed by atoms with Gasteiger partial charge in [0.1, 0.15) is 5.75 Å². The first-order valence-corrected chi connectivity index (χ1v) is 8.40. The van der Waals surface area contributed by atoms with Gasteiger partial charge >= 0.3 is 0 Å². The van der Waals surface area contributed by atoms with Crippen LogP contribution in [-0.4, -0.2) is 32.4 Å². The number of anilines is 1. The van der Waals surface area contributed by atoms with Gasteiger partial charge in [0, 0.05) is 18.7 Å². The molecule has 1 saturated heterocycles. The number of nitrogen functional groups attached to an aromatic ring is 1. The molecule has 5 nitrogen and oxygen atoms in total. The zero-order chi connectivity index (χ0) is 14.8. The number of nitrogens with two attached hydrogens (primary N) is 1. The molecule has 1 unspecified atom stereocenters. The van der Waals surface area contributed by atoms with E-state index in [4.69, 9.17) is 10.5 Å². The van der Waals surface area contributed by atoms with Gasteiger partial charge < -0.3 is 10.5 Å². The van der Waals surface area contributed by atoms with Crippen molar-refractivity contribution in [3.63, 3.8) is 0 Å². The highest BCUT2D eigenvalue weighted by molar-refractivity contribution is 7.89. The van der Waals surface area contributed by atoms with Gasteiger partial charge in [-0.05, 0) is 31.4 Å². The molecular weight excluding hydrogens is 276 g/mol. The summed E-state index contributed by atoms with van der Waals surface area (Å²) < 4.78 is 32.3. The third kappa shape index (κ3) is 2.76. The molecule has 1 aromatic rings. The lowest BCUT2D eigenvalue weighted by Crippen LogP contribution is -2.43. The lowest BCUT2D eigenvalue weighted by Gasteiger charge is -2.34. The van der Waals surface area contributed by atoms with Crippen LogP contribution in [0.5, 0.6) is 5.75 Å². The second kappa shape index (κ2) is 6.01. The minimum absolute atomic E-state index is 0.0947. The van der Waals surface area contributed by atoms with Crippen LogP contribution < -0.4 is 10.5 Å². The van der Waals surface area contributed by atoms with Gasteiger partial charge in [0.15, 0.2) is 0 Å². The van der Waals surface area contributed by atoms with E-state index in [2.05, 4.69) is 0 Å². The number of methoxy groups -OCH3 is 1. The van der Waals surface area contributed by atoms with Gasteiger partial charge in [-0.3, -0.25) is 0 Å². The van der Waals surface area contributed by atoms with Crippen LogP contribution >= 0.6 is 0 Å². The molecular formula is C14H22N2O3S. The summed E-state index contributed by atoms with van der Waals surface area (Å²) >= 11 is 0. The number of hydrogen-bond donors (Lipinski definition) is 1. The van der Waals surface area contributed by atoms with E-state index in [9.17, 15) is 8.42 Å². The topological polar surface area (TPSA) is 72.6 Å². The number of ether oxygens (including phenoxy) is 1. The molecule has 1 aliphatic rings. The fourth-order valence-corrected chi connectivity index (χ4v) is 4.47. The zero-order valence-electron chi connectivity index (χ0n) is 12.0. The van der Waals surface area contributed by atoms with E-state index in [1.54, 1.807) is 16.4 Å². The van der Waals surface area contributed by atoms with E-state index < -0.39 is 10.0 Å². The minimum Gasteiger partial charge on any atom is -0.495 e. The summed E-state index contributed by atoms with van der Waals surface area (Å²) in [5.41, 5.74) is 6.18. The fourth-order valence-electron chi connectivity index (χ4n) is 2.69. The van der Waals surface area contributed by atoms with Crippen LogP contribution in [0.1, 0.15) is 32.6 Å².